The molecule has 0 saturated carbocycles. The molecule has 0 spiro atoms. The number of ether oxygens (including phenoxy) is 1. The summed E-state index contributed by atoms with van der Waals surface area (Å²) in [5, 5.41) is 0. The predicted molar refractivity (Wildman–Crippen MR) is 58.6 cm³/mol. The van der Waals surface area contributed by atoms with Gasteiger partial charge >= 0.3 is 5.97 Å². The van der Waals surface area contributed by atoms with E-state index in [1.807, 2.05) is 0 Å². The molecular weight excluding hydrogens is 232 g/mol. The van der Waals surface area contributed by atoms with Gasteiger partial charge in [-0.2, -0.15) is 8.42 Å². The van der Waals surface area contributed by atoms with Gasteiger partial charge in [-0.1, -0.05) is 25.1 Å². The van der Waals surface area contributed by atoms with E-state index < -0.39 is 10.1 Å². The Hall–Kier alpha value is -1.40. The van der Waals surface area contributed by atoms with Gasteiger partial charge < -0.3 is 4.74 Å². The highest BCUT2D eigenvalue weighted by Gasteiger charge is 2.05. The van der Waals surface area contributed by atoms with E-state index in [0.717, 1.165) is 0 Å². The van der Waals surface area contributed by atoms with E-state index in [1.54, 1.807) is 25.1 Å². The van der Waals surface area contributed by atoms with Crippen LogP contribution in [0.15, 0.2) is 35.2 Å². The number of carbonyl (C=O) groups is 1. The van der Waals surface area contributed by atoms with Crippen LogP contribution in [0.25, 0.3) is 0 Å². The predicted octanol–water partition coefficient (Wildman–Crippen LogP) is 1.50. The van der Waals surface area contributed by atoms with Crippen molar-refractivity contribution >= 4 is 16.1 Å². The second kappa shape index (κ2) is 6.97. The lowest BCUT2D eigenvalue weighted by molar-refractivity contribution is -0.140. The van der Waals surface area contributed by atoms with E-state index >= 15 is 0 Å². The topological polar surface area (TPSA) is 80.7 Å². The van der Waals surface area contributed by atoms with E-state index in [-0.39, 0.29) is 10.9 Å². The first kappa shape index (κ1) is 14.6. The van der Waals surface area contributed by atoms with Crippen molar-refractivity contribution in [3.05, 3.63) is 30.3 Å². The molecule has 0 fully saturated rings. The van der Waals surface area contributed by atoms with Crippen LogP contribution in [-0.4, -0.2) is 26.0 Å². The van der Waals surface area contributed by atoms with Gasteiger partial charge in [0.05, 0.1) is 12.0 Å². The third kappa shape index (κ3) is 6.15. The minimum Gasteiger partial charge on any atom is -0.469 e. The summed E-state index contributed by atoms with van der Waals surface area (Å²) >= 11 is 0. The number of rotatable bonds is 2. The maximum atomic E-state index is 10.4. The van der Waals surface area contributed by atoms with Gasteiger partial charge in [-0.3, -0.25) is 9.35 Å². The minimum atomic E-state index is -4.00. The SMILES string of the molecule is CCC(=O)OC.O=S(=O)(O)c1ccccc1. The van der Waals surface area contributed by atoms with Gasteiger partial charge in [-0.25, -0.2) is 0 Å². The fraction of sp³-hybridized carbons (Fsp3) is 0.300. The van der Waals surface area contributed by atoms with Crippen LogP contribution in [0, 0.1) is 0 Å². The quantitative estimate of drug-likeness (QED) is 0.631. The first-order valence-corrected chi connectivity index (χ1v) is 5.95. The molecule has 0 aliphatic heterocycles. The van der Waals surface area contributed by atoms with Crippen molar-refractivity contribution in [2.45, 2.75) is 18.2 Å². The van der Waals surface area contributed by atoms with Gasteiger partial charge in [0.2, 0.25) is 0 Å². The minimum absolute atomic E-state index is 0.0741. The molecule has 0 aliphatic rings. The van der Waals surface area contributed by atoms with Crippen molar-refractivity contribution in [1.29, 1.82) is 0 Å². The van der Waals surface area contributed by atoms with Crippen LogP contribution >= 0.6 is 0 Å². The first-order chi connectivity index (χ1) is 7.41. The van der Waals surface area contributed by atoms with E-state index in [4.69, 9.17) is 4.55 Å². The highest BCUT2D eigenvalue weighted by Crippen LogP contribution is 2.05. The zero-order valence-electron chi connectivity index (χ0n) is 9.08. The average Bonchev–Trinajstić information content (AvgIpc) is 2.29. The normalized spacial score (nSPS) is 9.94. The smallest absolute Gasteiger partial charge is 0.305 e. The molecule has 1 aromatic rings. The Labute approximate surface area is 94.8 Å². The lowest BCUT2D eigenvalue weighted by atomic mass is 10.4. The molecule has 16 heavy (non-hydrogen) atoms. The molecule has 0 aliphatic carbocycles. The summed E-state index contributed by atoms with van der Waals surface area (Å²) in [5.41, 5.74) is 0. The molecular formula is C10H14O5S. The van der Waals surface area contributed by atoms with Gasteiger partial charge in [0, 0.05) is 6.42 Å². The number of esters is 1. The van der Waals surface area contributed by atoms with Crippen molar-refractivity contribution < 1.29 is 22.5 Å². The van der Waals surface area contributed by atoms with Gasteiger partial charge in [0.1, 0.15) is 0 Å². The number of methoxy groups -OCH3 is 1. The van der Waals surface area contributed by atoms with Crippen molar-refractivity contribution in [1.82, 2.24) is 0 Å². The Kier molecular flexibility index (Phi) is 6.36. The Bertz CT molecular complexity index is 404. The Morgan fingerprint density at radius 2 is 1.81 bits per heavy atom. The fourth-order valence-corrected chi connectivity index (χ4v) is 1.24. The summed E-state index contributed by atoms with van der Waals surface area (Å²) < 4.78 is 33.5. The summed E-state index contributed by atoms with van der Waals surface area (Å²) in [5.74, 6) is -0.157. The lowest BCUT2D eigenvalue weighted by Crippen LogP contribution is -1.96. The molecule has 0 heterocycles. The molecule has 1 N–H and O–H groups in total. The summed E-state index contributed by atoms with van der Waals surface area (Å²) in [4.78, 5) is 9.88. The molecule has 0 amide bonds. The molecule has 1 rings (SSSR count). The van der Waals surface area contributed by atoms with Gasteiger partial charge in [0.25, 0.3) is 10.1 Å². The van der Waals surface area contributed by atoms with Gasteiger partial charge in [0.15, 0.2) is 0 Å². The van der Waals surface area contributed by atoms with Crippen LogP contribution in [0.2, 0.25) is 0 Å². The van der Waals surface area contributed by atoms with Crippen LogP contribution in [-0.2, 0) is 19.6 Å². The lowest BCUT2D eigenvalue weighted by Gasteiger charge is -1.92. The number of carbonyl (C=O) groups excluding carboxylic acids is 1. The number of hydrogen-bond donors (Lipinski definition) is 1. The van der Waals surface area contributed by atoms with Gasteiger partial charge in [-0.15, -0.1) is 0 Å². The summed E-state index contributed by atoms with van der Waals surface area (Å²) in [6.45, 7) is 1.76. The number of benzene rings is 1. The van der Waals surface area contributed by atoms with E-state index in [1.165, 1.54) is 19.2 Å². The summed E-state index contributed by atoms with van der Waals surface area (Å²) in [7, 11) is -2.62. The maximum Gasteiger partial charge on any atom is 0.305 e. The zero-order valence-corrected chi connectivity index (χ0v) is 9.90. The van der Waals surface area contributed by atoms with E-state index in [0.29, 0.717) is 6.42 Å². The van der Waals surface area contributed by atoms with Crippen LogP contribution in [0.3, 0.4) is 0 Å². The van der Waals surface area contributed by atoms with Crippen LogP contribution in [0.1, 0.15) is 13.3 Å². The molecule has 5 nitrogen and oxygen atoms in total. The maximum absolute atomic E-state index is 10.4. The van der Waals surface area contributed by atoms with Crippen molar-refractivity contribution in [3.8, 4) is 0 Å². The highest BCUT2D eigenvalue weighted by molar-refractivity contribution is 7.85. The second-order valence-corrected chi connectivity index (χ2v) is 4.14. The third-order valence-electron chi connectivity index (χ3n) is 1.56. The molecule has 0 atom stereocenters. The van der Waals surface area contributed by atoms with Crippen LogP contribution in [0.4, 0.5) is 0 Å². The second-order valence-electron chi connectivity index (χ2n) is 2.72. The Morgan fingerprint density at radius 1 is 1.31 bits per heavy atom. The molecule has 1 aromatic carbocycles. The monoisotopic (exact) mass is 246 g/mol. The van der Waals surface area contributed by atoms with Crippen molar-refractivity contribution in [3.63, 3.8) is 0 Å². The molecule has 0 aromatic heterocycles. The standard InChI is InChI=1S/C6H6O3S.C4H8O2/c7-10(8,9)6-4-2-1-3-5-6;1-3-4(5)6-2/h1-5H,(H,7,8,9);3H2,1-2H3. The van der Waals surface area contributed by atoms with E-state index in [9.17, 15) is 13.2 Å². The average molecular weight is 246 g/mol. The molecule has 6 heteroatoms. The zero-order chi connectivity index (χ0) is 12.6. The Balaban J connectivity index is 0.000000325. The van der Waals surface area contributed by atoms with Crippen LogP contribution < -0.4 is 0 Å². The van der Waals surface area contributed by atoms with Crippen molar-refractivity contribution in [2.24, 2.45) is 0 Å². The summed E-state index contributed by atoms with van der Waals surface area (Å²) in [6, 6.07) is 7.42. The van der Waals surface area contributed by atoms with E-state index in [2.05, 4.69) is 4.74 Å². The molecule has 90 valence electrons. The largest absolute Gasteiger partial charge is 0.469 e. The molecule has 0 unspecified atom stereocenters. The molecule has 0 bridgehead atoms. The fourth-order valence-electron chi connectivity index (χ4n) is 0.737. The molecule has 0 radical (unpaired) electrons. The van der Waals surface area contributed by atoms with Crippen LogP contribution in [0.5, 0.6) is 0 Å². The molecule has 0 saturated heterocycles. The Morgan fingerprint density at radius 3 is 2.00 bits per heavy atom. The number of hydrogen-bond acceptors (Lipinski definition) is 4. The summed E-state index contributed by atoms with van der Waals surface area (Å²) in [6.07, 6.45) is 0.469. The first-order valence-electron chi connectivity index (χ1n) is 4.51. The van der Waals surface area contributed by atoms with Crippen molar-refractivity contribution in [2.75, 3.05) is 7.11 Å². The van der Waals surface area contributed by atoms with Gasteiger partial charge in [-0.05, 0) is 12.1 Å². The third-order valence-corrected chi connectivity index (χ3v) is 2.43. The highest BCUT2D eigenvalue weighted by atomic mass is 32.2.